The molecule has 0 saturated heterocycles. The first kappa shape index (κ1) is 23.4. The van der Waals surface area contributed by atoms with Crippen molar-refractivity contribution in [3.63, 3.8) is 0 Å². The zero-order valence-electron chi connectivity index (χ0n) is 19.4. The van der Waals surface area contributed by atoms with Crippen molar-refractivity contribution in [1.29, 1.82) is 0 Å². The fraction of sp³-hybridized carbons (Fsp3) is 0.273. The van der Waals surface area contributed by atoms with E-state index in [1.165, 1.54) is 25.1 Å². The van der Waals surface area contributed by atoms with Gasteiger partial charge in [-0.2, -0.15) is 5.10 Å². The molecule has 0 unspecified atom stereocenters. The highest BCUT2D eigenvalue weighted by Gasteiger charge is 2.19. The highest BCUT2D eigenvalue weighted by atomic mass is 32.2. The quantitative estimate of drug-likeness (QED) is 0.326. The summed E-state index contributed by atoms with van der Waals surface area (Å²) in [6, 6.07) is 3.09. The van der Waals surface area contributed by atoms with Crippen molar-refractivity contribution in [3.8, 4) is 17.0 Å². The van der Waals surface area contributed by atoms with Crippen LogP contribution in [-0.2, 0) is 7.05 Å². The van der Waals surface area contributed by atoms with Crippen LogP contribution in [0.3, 0.4) is 0 Å². The van der Waals surface area contributed by atoms with Gasteiger partial charge in [-0.1, -0.05) is 0 Å². The lowest BCUT2D eigenvalue weighted by atomic mass is 10.1. The minimum Gasteiger partial charge on any atom is -0.492 e. The third kappa shape index (κ3) is 4.62. The number of ether oxygens (including phenoxy) is 1. The molecule has 1 amide bonds. The maximum absolute atomic E-state index is 15.0. The molecule has 0 saturated carbocycles. The van der Waals surface area contributed by atoms with E-state index in [1.807, 2.05) is 27.1 Å². The smallest absolute Gasteiger partial charge is 0.271 e. The number of benzene rings is 1. The van der Waals surface area contributed by atoms with Crippen LogP contribution in [0.15, 0.2) is 41.8 Å². The van der Waals surface area contributed by atoms with Gasteiger partial charge in [0.25, 0.3) is 5.91 Å². The van der Waals surface area contributed by atoms with Crippen molar-refractivity contribution in [2.45, 2.75) is 24.8 Å². The Bertz CT molecular complexity index is 1350. The molecule has 34 heavy (non-hydrogen) atoms. The number of aryl methyl sites for hydroxylation is 1. The lowest BCUT2D eigenvalue weighted by molar-refractivity contribution is 0.0937. The first-order valence-electron chi connectivity index (χ1n) is 10.5. The molecule has 0 atom stereocenters. The Morgan fingerprint density at radius 1 is 1.24 bits per heavy atom. The van der Waals surface area contributed by atoms with Gasteiger partial charge in [0.15, 0.2) is 23.0 Å². The number of hydrogen-bond donors (Lipinski definition) is 3. The van der Waals surface area contributed by atoms with Gasteiger partial charge in [0.2, 0.25) is 0 Å². The summed E-state index contributed by atoms with van der Waals surface area (Å²) in [5.41, 5.74) is 2.30. The number of nitrogens with zero attached hydrogens (tertiary/aromatic N) is 5. The Morgan fingerprint density at radius 3 is 2.68 bits per heavy atom. The molecule has 0 aliphatic heterocycles. The topological polar surface area (TPSA) is 110 Å². The van der Waals surface area contributed by atoms with E-state index in [-0.39, 0.29) is 23.4 Å². The van der Waals surface area contributed by atoms with Gasteiger partial charge in [-0.15, -0.1) is 0 Å². The minimum absolute atomic E-state index is 0.0491. The Labute approximate surface area is 200 Å². The molecular formula is C22H25FN8O2S. The van der Waals surface area contributed by atoms with Crippen LogP contribution in [0, 0.1) is 5.82 Å². The van der Waals surface area contributed by atoms with Crippen LogP contribution >= 0.6 is 11.9 Å². The average molecular weight is 485 g/mol. The van der Waals surface area contributed by atoms with Gasteiger partial charge < -0.3 is 20.1 Å². The van der Waals surface area contributed by atoms with Gasteiger partial charge in [0, 0.05) is 38.1 Å². The Kier molecular flexibility index (Phi) is 6.59. The second kappa shape index (κ2) is 9.59. The lowest BCUT2D eigenvalue weighted by Crippen LogP contribution is -2.31. The highest BCUT2D eigenvalue weighted by Crippen LogP contribution is 2.36. The van der Waals surface area contributed by atoms with Crippen molar-refractivity contribution < 1.29 is 13.9 Å². The van der Waals surface area contributed by atoms with E-state index in [9.17, 15) is 4.79 Å². The SMILES string of the molecule is CNc1nc(C(=O)NC(C)C)cn2c(-c3cc(F)c(OC)c(NSc4cnn(C)c4)c3)cnc12. The number of fused-ring (bicyclic) bond motifs is 1. The zero-order chi connectivity index (χ0) is 24.4. The highest BCUT2D eigenvalue weighted by molar-refractivity contribution is 8.00. The average Bonchev–Trinajstić information content (AvgIpc) is 3.42. The molecule has 1 aromatic carbocycles. The van der Waals surface area contributed by atoms with E-state index in [1.54, 1.807) is 40.8 Å². The fourth-order valence-corrected chi connectivity index (χ4v) is 4.09. The number of carbonyl (C=O) groups is 1. The van der Waals surface area contributed by atoms with Crippen LogP contribution in [0.5, 0.6) is 5.75 Å². The second-order valence-corrected chi connectivity index (χ2v) is 8.66. The van der Waals surface area contributed by atoms with Crippen LogP contribution in [0.25, 0.3) is 16.9 Å². The predicted molar refractivity (Wildman–Crippen MR) is 130 cm³/mol. The maximum atomic E-state index is 15.0. The molecule has 3 heterocycles. The molecule has 3 N–H and O–H groups in total. The van der Waals surface area contributed by atoms with Crippen LogP contribution < -0.4 is 20.1 Å². The van der Waals surface area contributed by atoms with Gasteiger partial charge >= 0.3 is 0 Å². The molecule has 10 nitrogen and oxygen atoms in total. The minimum atomic E-state index is -0.537. The molecule has 3 aromatic heterocycles. The summed E-state index contributed by atoms with van der Waals surface area (Å²) >= 11 is 1.28. The summed E-state index contributed by atoms with van der Waals surface area (Å²) in [5.74, 6) is -0.334. The van der Waals surface area contributed by atoms with Gasteiger partial charge in [0.1, 0.15) is 5.69 Å². The first-order chi connectivity index (χ1) is 16.3. The second-order valence-electron chi connectivity index (χ2n) is 7.78. The van der Waals surface area contributed by atoms with E-state index in [2.05, 4.69) is 30.4 Å². The number of carbonyl (C=O) groups excluding carboxylic acids is 1. The normalized spacial score (nSPS) is 11.1. The first-order valence-corrected chi connectivity index (χ1v) is 11.3. The van der Waals surface area contributed by atoms with Crippen molar-refractivity contribution >= 4 is 35.0 Å². The van der Waals surface area contributed by atoms with Crippen molar-refractivity contribution in [2.75, 3.05) is 24.2 Å². The lowest BCUT2D eigenvalue weighted by Gasteiger charge is -2.14. The number of rotatable bonds is 8. The Morgan fingerprint density at radius 2 is 2.03 bits per heavy atom. The molecule has 0 aliphatic carbocycles. The van der Waals surface area contributed by atoms with Crippen LogP contribution in [-0.4, -0.2) is 50.3 Å². The molecule has 4 rings (SSSR count). The van der Waals surface area contributed by atoms with E-state index in [4.69, 9.17) is 4.74 Å². The molecule has 0 spiro atoms. The summed E-state index contributed by atoms with van der Waals surface area (Å²) in [6.45, 7) is 3.74. The maximum Gasteiger partial charge on any atom is 0.271 e. The van der Waals surface area contributed by atoms with Gasteiger partial charge in [-0.3, -0.25) is 13.9 Å². The monoisotopic (exact) mass is 484 g/mol. The summed E-state index contributed by atoms with van der Waals surface area (Å²) in [7, 11) is 4.93. The fourth-order valence-electron chi connectivity index (χ4n) is 3.41. The summed E-state index contributed by atoms with van der Waals surface area (Å²) in [4.78, 5) is 22.3. The van der Waals surface area contributed by atoms with Gasteiger partial charge in [-0.05, 0) is 37.9 Å². The number of nitrogens with one attached hydrogen (secondary N) is 3. The van der Waals surface area contributed by atoms with Crippen LogP contribution in [0.1, 0.15) is 24.3 Å². The Hall–Kier alpha value is -3.80. The molecule has 0 bridgehead atoms. The third-order valence-corrected chi connectivity index (χ3v) is 5.65. The van der Waals surface area contributed by atoms with Crippen LogP contribution in [0.4, 0.5) is 15.9 Å². The van der Waals surface area contributed by atoms with E-state index in [0.717, 1.165) is 4.90 Å². The predicted octanol–water partition coefficient (Wildman–Crippen LogP) is 3.58. The number of imidazole rings is 1. The number of methoxy groups -OCH3 is 1. The van der Waals surface area contributed by atoms with Gasteiger partial charge in [0.05, 0.1) is 35.8 Å². The van der Waals surface area contributed by atoms with E-state index >= 15 is 4.39 Å². The molecule has 178 valence electrons. The molecule has 0 aliphatic rings. The number of anilines is 2. The number of halogens is 1. The summed E-state index contributed by atoms with van der Waals surface area (Å²) in [6.07, 6.45) is 6.74. The largest absolute Gasteiger partial charge is 0.492 e. The summed E-state index contributed by atoms with van der Waals surface area (Å²) in [5, 5.41) is 9.94. The van der Waals surface area contributed by atoms with Gasteiger partial charge in [-0.25, -0.2) is 14.4 Å². The number of hydrogen-bond acceptors (Lipinski definition) is 8. The Balaban J connectivity index is 1.78. The molecule has 0 radical (unpaired) electrons. The van der Waals surface area contributed by atoms with E-state index < -0.39 is 5.82 Å². The van der Waals surface area contributed by atoms with Crippen molar-refractivity contribution in [1.82, 2.24) is 29.5 Å². The molecule has 12 heteroatoms. The molecular weight excluding hydrogens is 459 g/mol. The van der Waals surface area contributed by atoms with Crippen LogP contribution in [0.2, 0.25) is 0 Å². The number of aromatic nitrogens is 5. The van der Waals surface area contributed by atoms with E-state index in [0.29, 0.717) is 28.4 Å². The standard InChI is InChI=1S/C22H25FN8O2S/c1-12(2)27-22(32)17-11-31-18(9-25-21(31)20(24-3)28-17)13-6-15(23)19(33-5)16(7-13)29-34-14-8-26-30(4)10-14/h6-12,29H,1-5H3,(H,24,28)(H,27,32). The molecule has 0 fully saturated rings. The number of amides is 1. The molecule has 4 aromatic rings. The third-order valence-electron chi connectivity index (χ3n) is 4.89. The van der Waals surface area contributed by atoms with Crippen molar-refractivity contribution in [2.24, 2.45) is 7.05 Å². The van der Waals surface area contributed by atoms with Crippen molar-refractivity contribution in [3.05, 3.63) is 48.4 Å². The zero-order valence-corrected chi connectivity index (χ0v) is 20.2. The summed E-state index contributed by atoms with van der Waals surface area (Å²) < 4.78 is 26.8.